The number of benzene rings is 1. The third-order valence-electron chi connectivity index (χ3n) is 5.50. The Bertz CT molecular complexity index is 1030. The van der Waals surface area contributed by atoms with Gasteiger partial charge < -0.3 is 14.4 Å². The fraction of sp³-hybridized carbons (Fsp3) is 0.526. The van der Waals surface area contributed by atoms with Gasteiger partial charge in [0.25, 0.3) is 0 Å². The first-order chi connectivity index (χ1) is 15.6. The molecule has 13 heteroatoms. The molecule has 0 amide bonds. The summed E-state index contributed by atoms with van der Waals surface area (Å²) in [4.78, 5) is 20.4. The smallest absolute Gasteiger partial charge is 0.494 e. The molecule has 3 heterocycles. The lowest BCUT2D eigenvalue weighted by molar-refractivity contribution is 0.0242. The molecule has 2 unspecified atom stereocenters. The molecule has 32 heavy (non-hydrogen) atoms. The van der Waals surface area contributed by atoms with Gasteiger partial charge >= 0.3 is 8.25 Å². The van der Waals surface area contributed by atoms with Crippen molar-refractivity contribution in [3.8, 4) is 5.75 Å². The Morgan fingerprint density at radius 3 is 2.88 bits per heavy atom. The second-order valence-corrected chi connectivity index (χ2v) is 8.21. The molecule has 1 saturated heterocycles. The summed E-state index contributed by atoms with van der Waals surface area (Å²) >= 11 is 0. The van der Waals surface area contributed by atoms with Crippen LogP contribution in [0.4, 0.5) is 5.82 Å². The van der Waals surface area contributed by atoms with Gasteiger partial charge in [-0.2, -0.15) is 5.21 Å². The standard InChI is InChI=1S/C19H24N7O5P/c1-29-16-4-2-3-15-18(16)20-12-21-19(15)26-7-5-13(6-8-26)9-14(31-32(27)28)10-30-11-17-22-24-25-23-17/h2-4,12-14H,5-11H2,1H3,(H-,22,23,24,25,27,28)/p+1. The summed E-state index contributed by atoms with van der Waals surface area (Å²) in [6.07, 6.45) is 3.51. The minimum Gasteiger partial charge on any atom is -0.494 e. The van der Waals surface area contributed by atoms with Crippen molar-refractivity contribution in [2.75, 3.05) is 31.7 Å². The molecule has 2 atom stereocenters. The van der Waals surface area contributed by atoms with Crippen molar-refractivity contribution in [1.82, 2.24) is 30.6 Å². The van der Waals surface area contributed by atoms with Crippen molar-refractivity contribution in [3.05, 3.63) is 30.4 Å². The van der Waals surface area contributed by atoms with Gasteiger partial charge in [-0.05, 0) is 37.3 Å². The summed E-state index contributed by atoms with van der Waals surface area (Å²) < 4.78 is 27.4. The van der Waals surface area contributed by atoms with Gasteiger partial charge in [0.05, 0.1) is 13.7 Å². The molecule has 12 nitrogen and oxygen atoms in total. The molecule has 0 saturated carbocycles. The first-order valence-electron chi connectivity index (χ1n) is 10.3. The highest BCUT2D eigenvalue weighted by molar-refractivity contribution is 7.32. The van der Waals surface area contributed by atoms with E-state index in [1.807, 2.05) is 18.2 Å². The first-order valence-corrected chi connectivity index (χ1v) is 11.4. The van der Waals surface area contributed by atoms with Gasteiger partial charge in [0, 0.05) is 23.0 Å². The van der Waals surface area contributed by atoms with Gasteiger partial charge in [0.15, 0.2) is 5.82 Å². The van der Waals surface area contributed by atoms with E-state index in [1.165, 1.54) is 0 Å². The fourth-order valence-corrected chi connectivity index (χ4v) is 4.41. The zero-order chi connectivity index (χ0) is 22.3. The van der Waals surface area contributed by atoms with Crippen LogP contribution in [0.1, 0.15) is 25.1 Å². The van der Waals surface area contributed by atoms with Gasteiger partial charge in [-0.1, -0.05) is 11.3 Å². The summed E-state index contributed by atoms with van der Waals surface area (Å²) in [5.74, 6) is 2.36. The number of H-pyrrole nitrogens is 1. The monoisotopic (exact) mass is 462 g/mol. The number of anilines is 1. The first kappa shape index (κ1) is 22.4. The van der Waals surface area contributed by atoms with Crippen LogP contribution in [0, 0.1) is 5.92 Å². The second-order valence-electron chi connectivity index (χ2n) is 7.53. The Morgan fingerprint density at radius 1 is 1.31 bits per heavy atom. The quantitative estimate of drug-likeness (QED) is 0.426. The Labute approximate surface area is 185 Å². The highest BCUT2D eigenvalue weighted by atomic mass is 31.1. The minimum atomic E-state index is -2.72. The van der Waals surface area contributed by atoms with Gasteiger partial charge in [-0.15, -0.1) is 19.6 Å². The Hall–Kier alpha value is -2.79. The number of nitrogens with one attached hydrogen (secondary N) is 1. The lowest BCUT2D eigenvalue weighted by Crippen LogP contribution is -2.36. The molecule has 4 rings (SSSR count). The maximum absolute atomic E-state index is 11.3. The van der Waals surface area contributed by atoms with Crippen LogP contribution in [0.5, 0.6) is 5.75 Å². The molecule has 2 aromatic heterocycles. The number of methoxy groups -OCH3 is 1. The fourth-order valence-electron chi connectivity index (χ4n) is 4.01. The molecule has 3 aromatic rings. The third-order valence-corrected chi connectivity index (χ3v) is 5.98. The summed E-state index contributed by atoms with van der Waals surface area (Å²) in [5.41, 5.74) is 0.793. The van der Waals surface area contributed by atoms with Crippen LogP contribution >= 0.6 is 8.25 Å². The van der Waals surface area contributed by atoms with Crippen LogP contribution in [-0.4, -0.2) is 68.4 Å². The lowest BCUT2D eigenvalue weighted by atomic mass is 9.91. The number of hydrogen-bond donors (Lipinski definition) is 2. The minimum absolute atomic E-state index is 0.154. The van der Waals surface area contributed by atoms with E-state index in [1.54, 1.807) is 13.4 Å². The van der Waals surface area contributed by atoms with Gasteiger partial charge in [-0.3, -0.25) is 0 Å². The number of ether oxygens (including phenoxy) is 2. The van der Waals surface area contributed by atoms with E-state index in [2.05, 4.69) is 35.5 Å². The van der Waals surface area contributed by atoms with E-state index in [9.17, 15) is 9.46 Å². The van der Waals surface area contributed by atoms with Crippen LogP contribution in [0.3, 0.4) is 0 Å². The topological polar surface area (TPSA) is 148 Å². The van der Waals surface area contributed by atoms with Crippen molar-refractivity contribution in [3.63, 3.8) is 0 Å². The number of aromatic nitrogens is 6. The highest BCUT2D eigenvalue weighted by Crippen LogP contribution is 2.33. The number of para-hydroxylation sites is 1. The van der Waals surface area contributed by atoms with Gasteiger partial charge in [0.2, 0.25) is 0 Å². The molecule has 1 aromatic carbocycles. The van der Waals surface area contributed by atoms with E-state index >= 15 is 0 Å². The van der Waals surface area contributed by atoms with Crippen LogP contribution in [0.15, 0.2) is 24.5 Å². The van der Waals surface area contributed by atoms with Crippen molar-refractivity contribution in [2.45, 2.75) is 32.0 Å². The normalized spacial score (nSPS) is 16.3. The van der Waals surface area contributed by atoms with E-state index in [4.69, 9.17) is 14.0 Å². The molecule has 1 aliphatic rings. The molecule has 1 fully saturated rings. The number of fused-ring (bicyclic) bond motifs is 1. The van der Waals surface area contributed by atoms with E-state index in [0.717, 1.165) is 48.4 Å². The molecule has 170 valence electrons. The van der Waals surface area contributed by atoms with E-state index in [-0.39, 0.29) is 13.2 Å². The Morgan fingerprint density at radius 2 is 2.16 bits per heavy atom. The van der Waals surface area contributed by atoms with Crippen LogP contribution in [-0.2, 0) is 20.4 Å². The number of rotatable bonds is 10. The molecule has 1 aliphatic heterocycles. The molecule has 0 bridgehead atoms. The Balaban J connectivity index is 1.35. The Kier molecular flexibility index (Phi) is 7.48. The third kappa shape index (κ3) is 5.52. The summed E-state index contributed by atoms with van der Waals surface area (Å²) in [6, 6.07) is 5.83. The predicted molar refractivity (Wildman–Crippen MR) is 114 cm³/mol. The summed E-state index contributed by atoms with van der Waals surface area (Å²) in [6.45, 7) is 1.96. The molecule has 2 N–H and O–H groups in total. The zero-order valence-corrected chi connectivity index (χ0v) is 18.5. The van der Waals surface area contributed by atoms with Crippen molar-refractivity contribution in [1.29, 1.82) is 0 Å². The number of tetrazole rings is 1. The van der Waals surface area contributed by atoms with Gasteiger partial charge in [0.1, 0.15) is 36.1 Å². The molecule has 0 radical (unpaired) electrons. The second kappa shape index (κ2) is 10.7. The zero-order valence-electron chi connectivity index (χ0n) is 17.6. The number of aromatic amines is 1. The molecular formula is C19H25N7O5P+. The van der Waals surface area contributed by atoms with Crippen molar-refractivity contribution >= 4 is 25.0 Å². The van der Waals surface area contributed by atoms with E-state index in [0.29, 0.717) is 18.2 Å². The van der Waals surface area contributed by atoms with Crippen molar-refractivity contribution < 1.29 is 23.5 Å². The van der Waals surface area contributed by atoms with Gasteiger partial charge in [-0.25, -0.2) is 9.97 Å². The average Bonchev–Trinajstić information content (AvgIpc) is 3.32. The molecule has 0 spiro atoms. The van der Waals surface area contributed by atoms with Crippen LogP contribution in [0.25, 0.3) is 10.9 Å². The number of hydrogen-bond acceptors (Lipinski definition) is 10. The molecular weight excluding hydrogens is 437 g/mol. The lowest BCUT2D eigenvalue weighted by Gasteiger charge is -2.34. The summed E-state index contributed by atoms with van der Waals surface area (Å²) in [7, 11) is -1.09. The van der Waals surface area contributed by atoms with E-state index < -0.39 is 14.4 Å². The largest absolute Gasteiger partial charge is 0.695 e. The van der Waals surface area contributed by atoms with Crippen LogP contribution < -0.4 is 9.64 Å². The van der Waals surface area contributed by atoms with Crippen molar-refractivity contribution in [2.24, 2.45) is 5.92 Å². The molecule has 0 aliphatic carbocycles. The SMILES string of the molecule is COc1cccc2c(N3CCC(CC(COCc4nn[nH]n4)O[P+](=O)O)CC3)ncnc12. The highest BCUT2D eigenvalue weighted by Gasteiger charge is 2.29. The number of piperidine rings is 1. The summed E-state index contributed by atoms with van der Waals surface area (Å²) in [5, 5.41) is 14.4. The maximum atomic E-state index is 11.3. The predicted octanol–water partition coefficient (Wildman–Crippen LogP) is 2.01. The maximum Gasteiger partial charge on any atom is 0.695 e. The average molecular weight is 462 g/mol. The van der Waals surface area contributed by atoms with Crippen LogP contribution in [0.2, 0.25) is 0 Å². The number of nitrogens with zero attached hydrogens (tertiary/aromatic N) is 6.